The molecule has 0 heterocycles. The van der Waals surface area contributed by atoms with Crippen LogP contribution in [-0.2, 0) is 38.0 Å². The Morgan fingerprint density at radius 2 is 1.55 bits per heavy atom. The first-order chi connectivity index (χ1) is 19.8. The lowest BCUT2D eigenvalue weighted by atomic mass is 9.87. The second-order valence-electron chi connectivity index (χ2n) is 11.5. The van der Waals surface area contributed by atoms with Crippen molar-refractivity contribution in [3.8, 4) is 0 Å². The first kappa shape index (κ1) is 33.1. The topological polar surface area (TPSA) is 86.8 Å². The Morgan fingerprint density at radius 1 is 0.929 bits per heavy atom. The number of benzene rings is 3. The van der Waals surface area contributed by atoms with Crippen LogP contribution in [-0.4, -0.2) is 50.5 Å². The number of carbonyl (C=O) groups excluding carboxylic acids is 2. The number of anilines is 1. The molecule has 3 rings (SSSR count). The van der Waals surface area contributed by atoms with Crippen LogP contribution in [0.15, 0.2) is 78.9 Å². The van der Waals surface area contributed by atoms with Crippen molar-refractivity contribution in [3.63, 3.8) is 0 Å². The number of nitrogens with zero attached hydrogens (tertiary/aromatic N) is 2. The zero-order valence-electron chi connectivity index (χ0n) is 25.1. The number of nitrogens with one attached hydrogen (secondary N) is 1. The predicted molar refractivity (Wildman–Crippen MR) is 171 cm³/mol. The quantitative estimate of drug-likeness (QED) is 0.242. The van der Waals surface area contributed by atoms with Crippen LogP contribution in [0.3, 0.4) is 0 Å². The molecule has 0 aliphatic heterocycles. The van der Waals surface area contributed by atoms with E-state index in [2.05, 4.69) is 26.1 Å². The fourth-order valence-electron chi connectivity index (χ4n) is 4.61. The van der Waals surface area contributed by atoms with Crippen LogP contribution in [0.2, 0.25) is 5.02 Å². The van der Waals surface area contributed by atoms with Gasteiger partial charge in [0.2, 0.25) is 21.8 Å². The average molecular weight is 612 g/mol. The Balaban J connectivity index is 2.04. The number of sulfonamides is 1. The van der Waals surface area contributed by atoms with Crippen molar-refractivity contribution in [2.45, 2.75) is 65.0 Å². The maximum atomic E-state index is 14.2. The number of unbranched alkanes of at least 4 members (excludes halogenated alkanes) is 1. The van der Waals surface area contributed by atoms with Gasteiger partial charge in [-0.05, 0) is 46.7 Å². The lowest BCUT2D eigenvalue weighted by molar-refractivity contribution is -0.140. The van der Waals surface area contributed by atoms with Crippen molar-refractivity contribution < 1.29 is 18.0 Å². The Hall–Kier alpha value is -3.36. The minimum atomic E-state index is -3.84. The normalized spacial score (nSPS) is 12.4. The highest BCUT2D eigenvalue weighted by atomic mass is 35.5. The molecule has 226 valence electrons. The van der Waals surface area contributed by atoms with E-state index in [1.165, 1.54) is 4.90 Å². The van der Waals surface area contributed by atoms with Crippen LogP contribution < -0.4 is 9.62 Å². The van der Waals surface area contributed by atoms with E-state index in [1.54, 1.807) is 30.3 Å². The molecule has 0 unspecified atom stereocenters. The summed E-state index contributed by atoms with van der Waals surface area (Å²) in [6, 6.07) is 22.9. The van der Waals surface area contributed by atoms with Gasteiger partial charge in [-0.1, -0.05) is 106 Å². The molecule has 0 spiro atoms. The number of rotatable bonds is 13. The number of hydrogen-bond donors (Lipinski definition) is 1. The van der Waals surface area contributed by atoms with Gasteiger partial charge < -0.3 is 10.2 Å². The zero-order chi connectivity index (χ0) is 30.9. The van der Waals surface area contributed by atoms with Gasteiger partial charge in [0, 0.05) is 24.5 Å². The molecule has 1 N–H and O–H groups in total. The molecular weight excluding hydrogens is 570 g/mol. The maximum Gasteiger partial charge on any atom is 0.244 e. The van der Waals surface area contributed by atoms with Crippen molar-refractivity contribution in [3.05, 3.63) is 101 Å². The van der Waals surface area contributed by atoms with E-state index in [1.807, 2.05) is 55.5 Å². The van der Waals surface area contributed by atoms with Gasteiger partial charge in [0.1, 0.15) is 12.6 Å². The zero-order valence-corrected chi connectivity index (χ0v) is 26.7. The third kappa shape index (κ3) is 9.33. The van der Waals surface area contributed by atoms with Crippen LogP contribution in [0.4, 0.5) is 5.69 Å². The van der Waals surface area contributed by atoms with Gasteiger partial charge in [-0.3, -0.25) is 13.9 Å². The molecule has 0 aliphatic rings. The Labute approximate surface area is 255 Å². The molecule has 0 aliphatic carbocycles. The summed E-state index contributed by atoms with van der Waals surface area (Å²) in [6.07, 6.45) is 3.04. The van der Waals surface area contributed by atoms with E-state index in [-0.39, 0.29) is 24.3 Å². The third-order valence-electron chi connectivity index (χ3n) is 7.10. The molecule has 0 aromatic heterocycles. The van der Waals surface area contributed by atoms with E-state index in [0.717, 1.165) is 34.5 Å². The van der Waals surface area contributed by atoms with Gasteiger partial charge in [0.05, 0.1) is 11.9 Å². The molecule has 0 radical (unpaired) electrons. The molecule has 0 saturated heterocycles. The first-order valence-corrected chi connectivity index (χ1v) is 16.5. The maximum absolute atomic E-state index is 14.2. The fourth-order valence-corrected chi connectivity index (χ4v) is 5.66. The summed E-state index contributed by atoms with van der Waals surface area (Å²) < 4.78 is 27.1. The summed E-state index contributed by atoms with van der Waals surface area (Å²) in [5.41, 5.74) is 2.84. The van der Waals surface area contributed by atoms with Crippen LogP contribution in [0.1, 0.15) is 57.2 Å². The third-order valence-corrected chi connectivity index (χ3v) is 8.61. The van der Waals surface area contributed by atoms with Gasteiger partial charge in [-0.2, -0.15) is 0 Å². The monoisotopic (exact) mass is 611 g/mol. The largest absolute Gasteiger partial charge is 0.354 e. The minimum Gasteiger partial charge on any atom is -0.354 e. The molecular formula is C33H42ClN3O4S. The van der Waals surface area contributed by atoms with Crippen LogP contribution in [0, 0.1) is 0 Å². The first-order valence-electron chi connectivity index (χ1n) is 14.2. The van der Waals surface area contributed by atoms with Crippen LogP contribution in [0.25, 0.3) is 0 Å². The Bertz CT molecular complexity index is 1440. The molecule has 42 heavy (non-hydrogen) atoms. The Morgan fingerprint density at radius 3 is 2.12 bits per heavy atom. The SMILES string of the molecule is CCCCNC(=O)[C@@H](Cc1ccccc1)N(Cc1ccccc1Cl)C(=O)CN(c1ccc(C(C)(C)C)cc1)S(C)(=O)=O. The number of amides is 2. The summed E-state index contributed by atoms with van der Waals surface area (Å²) in [7, 11) is -3.84. The molecule has 3 aromatic rings. The average Bonchev–Trinajstić information content (AvgIpc) is 2.94. The smallest absolute Gasteiger partial charge is 0.244 e. The highest BCUT2D eigenvalue weighted by Gasteiger charge is 2.33. The van der Waals surface area contributed by atoms with E-state index in [4.69, 9.17) is 11.6 Å². The number of carbonyl (C=O) groups is 2. The van der Waals surface area contributed by atoms with Gasteiger partial charge in [0.25, 0.3) is 0 Å². The molecule has 0 saturated carbocycles. The highest BCUT2D eigenvalue weighted by molar-refractivity contribution is 7.92. The van der Waals surface area contributed by atoms with Crippen LogP contribution >= 0.6 is 11.6 Å². The number of halogens is 1. The summed E-state index contributed by atoms with van der Waals surface area (Å²) in [4.78, 5) is 29.3. The summed E-state index contributed by atoms with van der Waals surface area (Å²) >= 11 is 6.50. The fraction of sp³-hybridized carbons (Fsp3) is 0.394. The standard InChI is InChI=1S/C33H42ClN3O4S/c1-6-7-21-35-32(39)30(22-25-13-9-8-10-14-25)36(23-26-15-11-12-16-29(26)34)31(38)24-37(42(5,40)41)28-19-17-27(18-20-28)33(2,3)4/h8-20,30H,6-7,21-24H2,1-5H3,(H,35,39)/t30-/m1/s1. The van der Waals surface area contributed by atoms with Gasteiger partial charge in [-0.15, -0.1) is 0 Å². The van der Waals surface area contributed by atoms with Crippen molar-refractivity contribution in [1.29, 1.82) is 0 Å². The predicted octanol–water partition coefficient (Wildman–Crippen LogP) is 5.96. The summed E-state index contributed by atoms with van der Waals surface area (Å²) in [5, 5.41) is 3.43. The molecule has 9 heteroatoms. The molecule has 3 aromatic carbocycles. The molecule has 2 amide bonds. The van der Waals surface area contributed by atoms with Crippen LogP contribution in [0.5, 0.6) is 0 Å². The van der Waals surface area contributed by atoms with E-state index < -0.39 is 28.5 Å². The van der Waals surface area contributed by atoms with Crippen molar-refractivity contribution in [1.82, 2.24) is 10.2 Å². The van der Waals surface area contributed by atoms with Crippen molar-refractivity contribution in [2.24, 2.45) is 0 Å². The summed E-state index contributed by atoms with van der Waals surface area (Å²) in [6.45, 7) is 8.31. The van der Waals surface area contributed by atoms with E-state index in [9.17, 15) is 18.0 Å². The van der Waals surface area contributed by atoms with E-state index in [0.29, 0.717) is 22.8 Å². The molecule has 0 bridgehead atoms. The minimum absolute atomic E-state index is 0.0395. The van der Waals surface area contributed by atoms with Gasteiger partial charge in [-0.25, -0.2) is 8.42 Å². The molecule has 7 nitrogen and oxygen atoms in total. The summed E-state index contributed by atoms with van der Waals surface area (Å²) in [5.74, 6) is -0.806. The lowest BCUT2D eigenvalue weighted by Gasteiger charge is -2.33. The second-order valence-corrected chi connectivity index (χ2v) is 13.8. The second kappa shape index (κ2) is 14.7. The van der Waals surface area contributed by atoms with E-state index >= 15 is 0 Å². The van der Waals surface area contributed by atoms with Gasteiger partial charge >= 0.3 is 0 Å². The lowest BCUT2D eigenvalue weighted by Crippen LogP contribution is -2.53. The molecule has 1 atom stereocenters. The Kier molecular flexibility index (Phi) is 11.6. The van der Waals surface area contributed by atoms with Gasteiger partial charge in [0.15, 0.2) is 0 Å². The van der Waals surface area contributed by atoms with Crippen molar-refractivity contribution >= 4 is 39.1 Å². The molecule has 0 fully saturated rings. The highest BCUT2D eigenvalue weighted by Crippen LogP contribution is 2.27. The van der Waals surface area contributed by atoms with Crippen molar-refractivity contribution in [2.75, 3.05) is 23.7 Å². The number of hydrogen-bond acceptors (Lipinski definition) is 4.